The molecule has 8 heteroatoms. The van der Waals surface area contributed by atoms with Crippen molar-refractivity contribution in [3.05, 3.63) is 59.7 Å². The highest BCUT2D eigenvalue weighted by Crippen LogP contribution is 2.27. The Hall–Kier alpha value is -3.13. The number of aryl methyl sites for hydroxylation is 1. The number of nitrogens with two attached hydrogens (primary N) is 1. The number of hydrogen-bond acceptors (Lipinski definition) is 6. The molecule has 7 nitrogen and oxygen atoms in total. The molecule has 3 aromatic rings. The van der Waals surface area contributed by atoms with E-state index in [1.165, 1.54) is 11.8 Å². The molecule has 138 valence electrons. The maximum absolute atomic E-state index is 12.3. The fourth-order valence-corrected chi connectivity index (χ4v) is 3.00. The number of amides is 2. The highest BCUT2D eigenvalue weighted by atomic mass is 32.2. The van der Waals surface area contributed by atoms with Crippen molar-refractivity contribution in [3.63, 3.8) is 0 Å². The normalized spacial score (nSPS) is 11.8. The fourth-order valence-electron chi connectivity index (χ4n) is 2.32. The van der Waals surface area contributed by atoms with Gasteiger partial charge in [-0.25, -0.2) is 0 Å². The summed E-state index contributed by atoms with van der Waals surface area (Å²) in [6.45, 7) is 3.73. The quantitative estimate of drug-likeness (QED) is 0.633. The van der Waals surface area contributed by atoms with Crippen LogP contribution in [-0.2, 0) is 4.79 Å². The van der Waals surface area contributed by atoms with Crippen LogP contribution in [0.2, 0.25) is 0 Å². The zero-order valence-electron chi connectivity index (χ0n) is 14.8. The standard InChI is InChI=1S/C19H18N4O3S/c1-11-4-3-5-14(10-11)18-22-23-19(26-18)27-12(2)17(25)21-15-8-6-13(7-9-15)16(20)24/h3-10,12H,1-2H3,(H2,20,24)(H,21,25)/t12-/m1/s1. The van der Waals surface area contributed by atoms with Gasteiger partial charge in [0.15, 0.2) is 0 Å². The molecule has 1 heterocycles. The predicted molar refractivity (Wildman–Crippen MR) is 103 cm³/mol. The number of anilines is 1. The molecule has 0 spiro atoms. The van der Waals surface area contributed by atoms with Crippen molar-refractivity contribution in [2.24, 2.45) is 5.73 Å². The Labute approximate surface area is 160 Å². The topological polar surface area (TPSA) is 111 Å². The summed E-state index contributed by atoms with van der Waals surface area (Å²) in [6.07, 6.45) is 0. The maximum Gasteiger partial charge on any atom is 0.277 e. The second-order valence-corrected chi connectivity index (χ2v) is 7.23. The van der Waals surface area contributed by atoms with Crippen molar-refractivity contribution < 1.29 is 14.0 Å². The van der Waals surface area contributed by atoms with Crippen LogP contribution in [-0.4, -0.2) is 27.3 Å². The number of hydrogen-bond donors (Lipinski definition) is 2. The fraction of sp³-hybridized carbons (Fsp3) is 0.158. The average Bonchev–Trinajstić information content (AvgIpc) is 3.10. The summed E-state index contributed by atoms with van der Waals surface area (Å²) in [5, 5.41) is 10.7. The average molecular weight is 382 g/mol. The molecule has 0 aliphatic rings. The van der Waals surface area contributed by atoms with E-state index in [0.717, 1.165) is 11.1 Å². The molecule has 3 N–H and O–H groups in total. The second-order valence-electron chi connectivity index (χ2n) is 5.93. The number of nitrogens with one attached hydrogen (secondary N) is 1. The second kappa shape index (κ2) is 8.05. The molecule has 0 bridgehead atoms. The molecule has 27 heavy (non-hydrogen) atoms. The first-order valence-corrected chi connectivity index (χ1v) is 9.08. The SMILES string of the molecule is Cc1cccc(-c2nnc(S[C@H](C)C(=O)Nc3ccc(C(N)=O)cc3)o2)c1. The molecular formula is C19H18N4O3S. The third-order valence-corrected chi connectivity index (χ3v) is 4.69. The summed E-state index contributed by atoms with van der Waals surface area (Å²) in [5.41, 5.74) is 8.08. The Bertz CT molecular complexity index is 969. The molecule has 1 aromatic heterocycles. The summed E-state index contributed by atoms with van der Waals surface area (Å²) < 4.78 is 5.65. The summed E-state index contributed by atoms with van der Waals surface area (Å²) >= 11 is 1.17. The highest BCUT2D eigenvalue weighted by molar-refractivity contribution is 8.00. The van der Waals surface area contributed by atoms with Crippen LogP contribution in [0.1, 0.15) is 22.8 Å². The first-order chi connectivity index (χ1) is 12.9. The number of aromatic nitrogens is 2. The molecule has 0 aliphatic carbocycles. The molecule has 1 atom stereocenters. The number of rotatable bonds is 6. The Morgan fingerprint density at radius 1 is 1.15 bits per heavy atom. The van der Waals surface area contributed by atoms with Gasteiger partial charge in [0, 0.05) is 16.8 Å². The third-order valence-electron chi connectivity index (χ3n) is 3.76. The van der Waals surface area contributed by atoms with Gasteiger partial charge < -0.3 is 15.5 Å². The molecule has 0 saturated carbocycles. The highest BCUT2D eigenvalue weighted by Gasteiger charge is 2.19. The van der Waals surface area contributed by atoms with Crippen LogP contribution in [0.3, 0.4) is 0 Å². The number of thioether (sulfide) groups is 1. The van der Waals surface area contributed by atoms with Gasteiger partial charge in [0.05, 0.1) is 5.25 Å². The van der Waals surface area contributed by atoms with Crippen molar-refractivity contribution in [1.29, 1.82) is 0 Å². The minimum atomic E-state index is -0.516. The lowest BCUT2D eigenvalue weighted by Crippen LogP contribution is -2.22. The van der Waals surface area contributed by atoms with Crippen LogP contribution in [0.15, 0.2) is 58.2 Å². The molecule has 0 unspecified atom stereocenters. The van der Waals surface area contributed by atoms with Crippen LogP contribution in [0, 0.1) is 6.92 Å². The minimum absolute atomic E-state index is 0.220. The summed E-state index contributed by atoms with van der Waals surface area (Å²) in [5.74, 6) is -0.324. The van der Waals surface area contributed by atoms with Gasteiger partial charge >= 0.3 is 0 Å². The van der Waals surface area contributed by atoms with Crippen molar-refractivity contribution >= 4 is 29.3 Å². The zero-order chi connectivity index (χ0) is 19.4. The Kier molecular flexibility index (Phi) is 5.56. The van der Waals surface area contributed by atoms with E-state index in [9.17, 15) is 9.59 Å². The van der Waals surface area contributed by atoms with Crippen LogP contribution >= 0.6 is 11.8 Å². The lowest BCUT2D eigenvalue weighted by molar-refractivity contribution is -0.115. The van der Waals surface area contributed by atoms with Gasteiger partial charge in [-0.15, -0.1) is 10.2 Å². The first kappa shape index (κ1) is 18.7. The molecule has 0 aliphatic heterocycles. The number of benzene rings is 2. The molecule has 2 amide bonds. The van der Waals surface area contributed by atoms with E-state index in [0.29, 0.717) is 22.4 Å². The number of nitrogens with zero attached hydrogens (tertiary/aromatic N) is 2. The lowest BCUT2D eigenvalue weighted by atomic mass is 10.1. The first-order valence-electron chi connectivity index (χ1n) is 8.20. The third kappa shape index (κ3) is 4.73. The smallest absolute Gasteiger partial charge is 0.277 e. The van der Waals surface area contributed by atoms with Crippen LogP contribution in [0.5, 0.6) is 0 Å². The van der Waals surface area contributed by atoms with Gasteiger partial charge in [0.25, 0.3) is 5.22 Å². The number of carbonyl (C=O) groups is 2. The van der Waals surface area contributed by atoms with E-state index in [2.05, 4.69) is 15.5 Å². The van der Waals surface area contributed by atoms with Gasteiger partial charge in [-0.05, 0) is 50.2 Å². The number of primary amides is 1. The molecular weight excluding hydrogens is 364 g/mol. The van der Waals surface area contributed by atoms with E-state index >= 15 is 0 Å². The Balaban J connectivity index is 1.62. The van der Waals surface area contributed by atoms with Crippen LogP contribution in [0.25, 0.3) is 11.5 Å². The van der Waals surface area contributed by atoms with Crippen molar-refractivity contribution in [2.75, 3.05) is 5.32 Å². The molecule has 0 fully saturated rings. The molecule has 0 saturated heterocycles. The van der Waals surface area contributed by atoms with Crippen molar-refractivity contribution in [1.82, 2.24) is 10.2 Å². The summed E-state index contributed by atoms with van der Waals surface area (Å²) in [6, 6.07) is 14.1. The zero-order valence-corrected chi connectivity index (χ0v) is 15.6. The minimum Gasteiger partial charge on any atom is -0.411 e. The number of carbonyl (C=O) groups excluding carboxylic acids is 2. The summed E-state index contributed by atoms with van der Waals surface area (Å²) in [4.78, 5) is 23.4. The van der Waals surface area contributed by atoms with Gasteiger partial charge in [-0.1, -0.05) is 29.5 Å². The van der Waals surface area contributed by atoms with E-state index in [1.807, 2.05) is 31.2 Å². The molecule has 0 radical (unpaired) electrons. The van der Waals surface area contributed by atoms with E-state index in [4.69, 9.17) is 10.2 Å². The van der Waals surface area contributed by atoms with Gasteiger partial charge in [-0.2, -0.15) is 0 Å². The van der Waals surface area contributed by atoms with Crippen molar-refractivity contribution in [3.8, 4) is 11.5 Å². The van der Waals surface area contributed by atoms with E-state index in [1.54, 1.807) is 31.2 Å². The molecule has 2 aromatic carbocycles. The predicted octanol–water partition coefficient (Wildman–Crippen LogP) is 3.26. The van der Waals surface area contributed by atoms with Crippen LogP contribution < -0.4 is 11.1 Å². The van der Waals surface area contributed by atoms with E-state index < -0.39 is 11.2 Å². The summed E-state index contributed by atoms with van der Waals surface area (Å²) in [7, 11) is 0. The van der Waals surface area contributed by atoms with Gasteiger partial charge in [0.1, 0.15) is 0 Å². The van der Waals surface area contributed by atoms with E-state index in [-0.39, 0.29) is 5.91 Å². The lowest BCUT2D eigenvalue weighted by Gasteiger charge is -2.10. The Morgan fingerprint density at radius 2 is 1.89 bits per heavy atom. The monoisotopic (exact) mass is 382 g/mol. The maximum atomic E-state index is 12.3. The Morgan fingerprint density at radius 3 is 2.56 bits per heavy atom. The van der Waals surface area contributed by atoms with Crippen molar-refractivity contribution in [2.45, 2.75) is 24.3 Å². The van der Waals surface area contributed by atoms with Gasteiger partial charge in [-0.3, -0.25) is 9.59 Å². The molecule has 3 rings (SSSR count). The van der Waals surface area contributed by atoms with Crippen LogP contribution in [0.4, 0.5) is 5.69 Å². The largest absolute Gasteiger partial charge is 0.411 e. The van der Waals surface area contributed by atoms with Gasteiger partial charge in [0.2, 0.25) is 17.7 Å².